The SMILES string of the molecule is O=COc1ccc(C(=O)Oc2ccc(OC(=O)c3ccccc3)c3sc(=S)sc23)cc1. The molecule has 1 heterocycles. The summed E-state index contributed by atoms with van der Waals surface area (Å²) in [4.78, 5) is 35.4. The van der Waals surface area contributed by atoms with Gasteiger partial charge in [0.2, 0.25) is 0 Å². The van der Waals surface area contributed by atoms with E-state index in [1.54, 1.807) is 36.4 Å². The van der Waals surface area contributed by atoms with Crippen molar-refractivity contribution in [2.24, 2.45) is 0 Å². The van der Waals surface area contributed by atoms with Gasteiger partial charge in [0.1, 0.15) is 20.4 Å². The largest absolute Gasteiger partial charge is 0.429 e. The summed E-state index contributed by atoms with van der Waals surface area (Å²) in [7, 11) is 0. The lowest BCUT2D eigenvalue weighted by atomic mass is 10.2. The van der Waals surface area contributed by atoms with Crippen molar-refractivity contribution in [2.45, 2.75) is 0 Å². The van der Waals surface area contributed by atoms with Gasteiger partial charge in [-0.05, 0) is 48.5 Å². The van der Waals surface area contributed by atoms with Crippen LogP contribution in [0.3, 0.4) is 0 Å². The Bertz CT molecular complexity index is 1320. The number of carbonyl (C=O) groups excluding carboxylic acids is 3. The van der Waals surface area contributed by atoms with Crippen molar-refractivity contribution < 1.29 is 28.6 Å². The molecule has 0 radical (unpaired) electrons. The highest BCUT2D eigenvalue weighted by atomic mass is 32.2. The van der Waals surface area contributed by atoms with Gasteiger partial charge in [0.25, 0.3) is 6.47 Å². The van der Waals surface area contributed by atoms with Gasteiger partial charge in [-0.25, -0.2) is 9.59 Å². The number of fused-ring (bicyclic) bond motifs is 1. The predicted octanol–water partition coefficient (Wildman–Crippen LogP) is 5.67. The second kappa shape index (κ2) is 9.17. The maximum Gasteiger partial charge on any atom is 0.343 e. The highest BCUT2D eigenvalue weighted by Gasteiger charge is 2.18. The van der Waals surface area contributed by atoms with Crippen molar-refractivity contribution in [3.63, 3.8) is 0 Å². The third kappa shape index (κ3) is 4.69. The van der Waals surface area contributed by atoms with Crippen molar-refractivity contribution in [1.29, 1.82) is 0 Å². The molecule has 0 spiro atoms. The summed E-state index contributed by atoms with van der Waals surface area (Å²) in [6.07, 6.45) is 0. The minimum absolute atomic E-state index is 0.282. The minimum Gasteiger partial charge on any atom is -0.429 e. The van der Waals surface area contributed by atoms with Crippen LogP contribution >= 0.6 is 34.9 Å². The Balaban J connectivity index is 1.60. The molecule has 0 fully saturated rings. The highest BCUT2D eigenvalue weighted by Crippen LogP contribution is 2.41. The van der Waals surface area contributed by atoms with E-state index in [0.29, 0.717) is 41.8 Å². The first-order chi connectivity index (χ1) is 15.0. The molecule has 0 atom stereocenters. The molecule has 0 N–H and O–H groups in total. The van der Waals surface area contributed by atoms with Gasteiger partial charge in [-0.1, -0.05) is 30.4 Å². The van der Waals surface area contributed by atoms with Gasteiger partial charge in [0.05, 0.1) is 20.5 Å². The molecule has 4 aromatic rings. The first kappa shape index (κ1) is 20.9. The Hall–Kier alpha value is -3.40. The van der Waals surface area contributed by atoms with Crippen molar-refractivity contribution in [1.82, 2.24) is 0 Å². The van der Waals surface area contributed by atoms with Crippen LogP contribution in [0.4, 0.5) is 0 Å². The molecule has 6 nitrogen and oxygen atoms in total. The third-order valence-electron chi connectivity index (χ3n) is 4.10. The van der Waals surface area contributed by atoms with Gasteiger partial charge >= 0.3 is 11.9 Å². The average Bonchev–Trinajstić information content (AvgIpc) is 3.19. The van der Waals surface area contributed by atoms with E-state index in [4.69, 9.17) is 26.4 Å². The van der Waals surface area contributed by atoms with Crippen molar-refractivity contribution in [3.8, 4) is 17.2 Å². The molecule has 1 aromatic heterocycles. The van der Waals surface area contributed by atoms with Crippen LogP contribution in [-0.4, -0.2) is 18.4 Å². The van der Waals surface area contributed by atoms with Crippen LogP contribution in [0.2, 0.25) is 0 Å². The smallest absolute Gasteiger partial charge is 0.343 e. The molecule has 0 aliphatic rings. The molecule has 0 aliphatic heterocycles. The molecule has 4 rings (SSSR count). The van der Waals surface area contributed by atoms with E-state index >= 15 is 0 Å². The first-order valence-electron chi connectivity index (χ1n) is 8.81. The molecule has 0 amide bonds. The zero-order valence-corrected chi connectivity index (χ0v) is 18.1. The maximum atomic E-state index is 12.5. The summed E-state index contributed by atoms with van der Waals surface area (Å²) in [5, 5.41) is 0. The number of ether oxygens (including phenoxy) is 3. The predicted molar refractivity (Wildman–Crippen MR) is 120 cm³/mol. The lowest BCUT2D eigenvalue weighted by Crippen LogP contribution is -2.10. The highest BCUT2D eigenvalue weighted by molar-refractivity contribution is 7.77. The zero-order valence-electron chi connectivity index (χ0n) is 15.6. The lowest BCUT2D eigenvalue weighted by Gasteiger charge is -2.09. The Morgan fingerprint density at radius 1 is 0.742 bits per heavy atom. The maximum absolute atomic E-state index is 12.5. The lowest BCUT2D eigenvalue weighted by molar-refractivity contribution is -0.120. The third-order valence-corrected chi connectivity index (χ3v) is 6.78. The Kier molecular flexibility index (Phi) is 6.17. The van der Waals surface area contributed by atoms with E-state index in [2.05, 4.69) is 0 Å². The van der Waals surface area contributed by atoms with Crippen molar-refractivity contribution >= 4 is 62.7 Å². The summed E-state index contributed by atoms with van der Waals surface area (Å²) in [5.41, 5.74) is 0.705. The zero-order chi connectivity index (χ0) is 21.8. The van der Waals surface area contributed by atoms with Gasteiger partial charge < -0.3 is 14.2 Å². The van der Waals surface area contributed by atoms with E-state index < -0.39 is 11.9 Å². The monoisotopic (exact) mass is 468 g/mol. The molecule has 0 saturated heterocycles. The number of carbonyl (C=O) groups is 3. The number of benzene rings is 3. The van der Waals surface area contributed by atoms with E-state index in [0.717, 1.165) is 0 Å². The van der Waals surface area contributed by atoms with Crippen molar-refractivity contribution in [2.75, 3.05) is 0 Å². The van der Waals surface area contributed by atoms with Gasteiger partial charge in [-0.3, -0.25) is 4.79 Å². The minimum atomic E-state index is -0.586. The quantitative estimate of drug-likeness (QED) is 0.156. The number of hydrogen-bond acceptors (Lipinski definition) is 9. The average molecular weight is 469 g/mol. The molecule has 9 heteroatoms. The van der Waals surface area contributed by atoms with Crippen LogP contribution in [0.25, 0.3) is 9.40 Å². The molecular formula is C22H12O6S3. The second-order valence-corrected chi connectivity index (χ2v) is 9.28. The number of rotatable bonds is 6. The van der Waals surface area contributed by atoms with Crippen LogP contribution in [-0.2, 0) is 4.79 Å². The number of esters is 2. The topological polar surface area (TPSA) is 78.9 Å². The fourth-order valence-electron chi connectivity index (χ4n) is 2.69. The Morgan fingerprint density at radius 3 is 1.77 bits per heavy atom. The van der Waals surface area contributed by atoms with Crippen LogP contribution < -0.4 is 14.2 Å². The first-order valence-corrected chi connectivity index (χ1v) is 10.9. The molecule has 31 heavy (non-hydrogen) atoms. The molecule has 0 aliphatic carbocycles. The molecule has 0 unspecified atom stereocenters. The van der Waals surface area contributed by atoms with Gasteiger partial charge in [-0.2, -0.15) is 0 Å². The summed E-state index contributed by atoms with van der Waals surface area (Å²) in [6, 6.07) is 17.7. The Morgan fingerprint density at radius 2 is 1.26 bits per heavy atom. The molecule has 3 aromatic carbocycles. The van der Waals surface area contributed by atoms with Gasteiger partial charge in [0, 0.05) is 0 Å². The van der Waals surface area contributed by atoms with Crippen LogP contribution in [0, 0.1) is 3.14 Å². The molecule has 0 bridgehead atoms. The molecule has 0 saturated carbocycles. The summed E-state index contributed by atoms with van der Waals surface area (Å²) in [5.74, 6) is -0.110. The summed E-state index contributed by atoms with van der Waals surface area (Å²) < 4.78 is 17.7. The standard InChI is InChI=1S/C22H12O6S3/c23-12-26-15-8-6-14(7-9-15)21(25)28-17-11-10-16(18-19(17)31-22(29)30-18)27-20(24)13-4-2-1-3-5-13/h1-12H. The summed E-state index contributed by atoms with van der Waals surface area (Å²) >= 11 is 7.84. The second-order valence-electron chi connectivity index (χ2n) is 6.06. The van der Waals surface area contributed by atoms with E-state index in [1.165, 1.54) is 46.9 Å². The van der Waals surface area contributed by atoms with Crippen LogP contribution in [0.1, 0.15) is 20.7 Å². The van der Waals surface area contributed by atoms with E-state index in [1.807, 2.05) is 6.07 Å². The normalized spacial score (nSPS) is 10.5. The van der Waals surface area contributed by atoms with Gasteiger partial charge in [-0.15, -0.1) is 22.7 Å². The number of hydrogen-bond donors (Lipinski definition) is 0. The summed E-state index contributed by atoms with van der Waals surface area (Å²) in [6.45, 7) is 0.306. The van der Waals surface area contributed by atoms with Crippen LogP contribution in [0.15, 0.2) is 66.7 Å². The molecular weight excluding hydrogens is 456 g/mol. The fraction of sp³-hybridized carbons (Fsp3) is 0. The fourth-order valence-corrected chi connectivity index (χ4v) is 5.24. The van der Waals surface area contributed by atoms with E-state index in [-0.39, 0.29) is 5.56 Å². The van der Waals surface area contributed by atoms with Gasteiger partial charge in [0.15, 0.2) is 0 Å². The van der Waals surface area contributed by atoms with Crippen molar-refractivity contribution in [3.05, 3.63) is 81.0 Å². The van der Waals surface area contributed by atoms with Crippen LogP contribution in [0.5, 0.6) is 17.2 Å². The molecule has 154 valence electrons. The van der Waals surface area contributed by atoms with E-state index in [9.17, 15) is 14.4 Å². The Labute approximate surface area is 189 Å².